The van der Waals surface area contributed by atoms with E-state index >= 15 is 0 Å². The molecule has 0 saturated carbocycles. The summed E-state index contributed by atoms with van der Waals surface area (Å²) in [5.41, 5.74) is 2.33. The standard InChI is InChI=1S/C14H16ClN3/c15-12-3-5-14(6-4-12)18-10-11(9-17-18)8-13-2-1-7-16-13/h3-6,9-10,13,16H,1-2,7-8H2. The van der Waals surface area contributed by atoms with E-state index < -0.39 is 0 Å². The summed E-state index contributed by atoms with van der Waals surface area (Å²) in [6.07, 6.45) is 7.67. The van der Waals surface area contributed by atoms with Gasteiger partial charge >= 0.3 is 0 Å². The minimum Gasteiger partial charge on any atom is -0.314 e. The van der Waals surface area contributed by atoms with Gasteiger partial charge in [0.2, 0.25) is 0 Å². The Morgan fingerprint density at radius 3 is 2.89 bits per heavy atom. The van der Waals surface area contributed by atoms with Gasteiger partial charge in [-0.2, -0.15) is 5.10 Å². The van der Waals surface area contributed by atoms with E-state index in [1.807, 2.05) is 35.1 Å². The molecule has 1 aliphatic heterocycles. The van der Waals surface area contributed by atoms with E-state index in [1.54, 1.807) is 0 Å². The van der Waals surface area contributed by atoms with Gasteiger partial charge in [0.25, 0.3) is 0 Å². The molecule has 1 aromatic heterocycles. The molecule has 94 valence electrons. The van der Waals surface area contributed by atoms with Crippen molar-refractivity contribution in [1.29, 1.82) is 0 Å². The van der Waals surface area contributed by atoms with Crippen LogP contribution in [0.5, 0.6) is 0 Å². The van der Waals surface area contributed by atoms with Crippen LogP contribution in [0.2, 0.25) is 5.02 Å². The molecule has 18 heavy (non-hydrogen) atoms. The number of halogens is 1. The van der Waals surface area contributed by atoms with Crippen LogP contribution in [0, 0.1) is 0 Å². The summed E-state index contributed by atoms with van der Waals surface area (Å²) in [7, 11) is 0. The van der Waals surface area contributed by atoms with Crippen molar-refractivity contribution in [2.75, 3.05) is 6.54 Å². The fraction of sp³-hybridized carbons (Fsp3) is 0.357. The second kappa shape index (κ2) is 5.12. The highest BCUT2D eigenvalue weighted by Gasteiger charge is 2.15. The maximum atomic E-state index is 5.88. The predicted octanol–water partition coefficient (Wildman–Crippen LogP) is 2.82. The van der Waals surface area contributed by atoms with E-state index in [4.69, 9.17) is 11.6 Å². The third-order valence-corrected chi connectivity index (χ3v) is 3.62. The molecule has 0 aliphatic carbocycles. The Labute approximate surface area is 112 Å². The van der Waals surface area contributed by atoms with Crippen molar-refractivity contribution in [2.24, 2.45) is 0 Å². The smallest absolute Gasteiger partial charge is 0.0646 e. The first kappa shape index (κ1) is 11.8. The number of nitrogens with zero attached hydrogens (tertiary/aromatic N) is 2. The lowest BCUT2D eigenvalue weighted by molar-refractivity contribution is 0.603. The molecule has 0 radical (unpaired) electrons. The van der Waals surface area contributed by atoms with Gasteiger partial charge in [-0.3, -0.25) is 0 Å². The molecule has 1 fully saturated rings. The van der Waals surface area contributed by atoms with E-state index in [0.29, 0.717) is 6.04 Å². The SMILES string of the molecule is Clc1ccc(-n2cc(CC3CCCN3)cn2)cc1. The Kier molecular flexibility index (Phi) is 3.35. The highest BCUT2D eigenvalue weighted by molar-refractivity contribution is 6.30. The highest BCUT2D eigenvalue weighted by Crippen LogP contribution is 2.15. The minimum atomic E-state index is 0.618. The monoisotopic (exact) mass is 261 g/mol. The molecular formula is C14H16ClN3. The van der Waals surface area contributed by atoms with Crippen LogP contribution >= 0.6 is 11.6 Å². The van der Waals surface area contributed by atoms with E-state index in [-0.39, 0.29) is 0 Å². The fourth-order valence-electron chi connectivity index (χ4n) is 2.42. The Bertz CT molecular complexity index is 512. The van der Waals surface area contributed by atoms with Crippen LogP contribution in [0.15, 0.2) is 36.7 Å². The van der Waals surface area contributed by atoms with Gasteiger partial charge in [0, 0.05) is 17.3 Å². The number of benzene rings is 1. The minimum absolute atomic E-state index is 0.618. The van der Waals surface area contributed by atoms with Crippen LogP contribution in [-0.4, -0.2) is 22.4 Å². The zero-order chi connectivity index (χ0) is 12.4. The third-order valence-electron chi connectivity index (χ3n) is 3.37. The largest absolute Gasteiger partial charge is 0.314 e. The van der Waals surface area contributed by atoms with Gasteiger partial charge in [0.05, 0.1) is 11.9 Å². The van der Waals surface area contributed by atoms with Gasteiger partial charge in [0.15, 0.2) is 0 Å². The van der Waals surface area contributed by atoms with Gasteiger partial charge in [0.1, 0.15) is 0 Å². The molecule has 1 aliphatic rings. The quantitative estimate of drug-likeness (QED) is 0.921. The lowest BCUT2D eigenvalue weighted by Gasteiger charge is -2.07. The van der Waals surface area contributed by atoms with Crippen molar-refractivity contribution in [2.45, 2.75) is 25.3 Å². The fourth-order valence-corrected chi connectivity index (χ4v) is 2.54. The van der Waals surface area contributed by atoms with Crippen LogP contribution in [0.1, 0.15) is 18.4 Å². The summed E-state index contributed by atoms with van der Waals surface area (Å²) in [5.74, 6) is 0. The molecule has 2 heterocycles. The zero-order valence-corrected chi connectivity index (χ0v) is 10.9. The summed E-state index contributed by atoms with van der Waals surface area (Å²) in [6, 6.07) is 8.35. The second-order valence-corrected chi connectivity index (χ2v) is 5.20. The summed E-state index contributed by atoms with van der Waals surface area (Å²) in [6.45, 7) is 1.15. The molecule has 1 aromatic carbocycles. The van der Waals surface area contributed by atoms with Gasteiger partial charge in [-0.1, -0.05) is 11.6 Å². The average molecular weight is 262 g/mol. The highest BCUT2D eigenvalue weighted by atomic mass is 35.5. The molecule has 1 saturated heterocycles. The summed E-state index contributed by atoms with van der Waals surface area (Å²) in [5, 5.41) is 8.66. The lowest BCUT2D eigenvalue weighted by Crippen LogP contribution is -2.23. The maximum Gasteiger partial charge on any atom is 0.0646 e. The first-order valence-corrected chi connectivity index (χ1v) is 6.72. The molecule has 1 atom stereocenters. The van der Waals surface area contributed by atoms with Crippen molar-refractivity contribution < 1.29 is 0 Å². The number of aromatic nitrogens is 2. The number of nitrogens with one attached hydrogen (secondary N) is 1. The molecule has 2 aromatic rings. The number of hydrogen-bond donors (Lipinski definition) is 1. The molecular weight excluding hydrogens is 246 g/mol. The molecule has 1 N–H and O–H groups in total. The predicted molar refractivity (Wildman–Crippen MR) is 73.3 cm³/mol. The molecule has 4 heteroatoms. The molecule has 3 nitrogen and oxygen atoms in total. The zero-order valence-electron chi connectivity index (χ0n) is 10.1. The Balaban J connectivity index is 1.74. The summed E-state index contributed by atoms with van der Waals surface area (Å²) < 4.78 is 1.90. The van der Waals surface area contributed by atoms with Gasteiger partial charge in [-0.15, -0.1) is 0 Å². The van der Waals surface area contributed by atoms with Gasteiger partial charge in [-0.05, 0) is 55.6 Å². The van der Waals surface area contributed by atoms with Crippen molar-refractivity contribution in [1.82, 2.24) is 15.1 Å². The van der Waals surface area contributed by atoms with E-state index in [1.165, 1.54) is 18.4 Å². The van der Waals surface area contributed by atoms with Crippen LogP contribution in [0.25, 0.3) is 5.69 Å². The first-order valence-electron chi connectivity index (χ1n) is 6.34. The Morgan fingerprint density at radius 2 is 2.17 bits per heavy atom. The topological polar surface area (TPSA) is 29.9 Å². The van der Waals surface area contributed by atoms with Gasteiger partial charge < -0.3 is 5.32 Å². The number of hydrogen-bond acceptors (Lipinski definition) is 2. The van der Waals surface area contributed by atoms with Crippen molar-refractivity contribution in [3.63, 3.8) is 0 Å². The van der Waals surface area contributed by atoms with Crippen LogP contribution in [0.4, 0.5) is 0 Å². The Morgan fingerprint density at radius 1 is 1.33 bits per heavy atom. The second-order valence-electron chi connectivity index (χ2n) is 4.77. The van der Waals surface area contributed by atoms with E-state index in [0.717, 1.165) is 23.7 Å². The molecule has 0 amide bonds. The lowest BCUT2D eigenvalue weighted by atomic mass is 10.1. The molecule has 1 unspecified atom stereocenters. The van der Waals surface area contributed by atoms with Crippen LogP contribution in [0.3, 0.4) is 0 Å². The van der Waals surface area contributed by atoms with E-state index in [9.17, 15) is 0 Å². The van der Waals surface area contributed by atoms with Crippen LogP contribution in [-0.2, 0) is 6.42 Å². The van der Waals surface area contributed by atoms with E-state index in [2.05, 4.69) is 16.6 Å². The maximum absolute atomic E-state index is 5.88. The summed E-state index contributed by atoms with van der Waals surface area (Å²) >= 11 is 5.88. The molecule has 3 rings (SSSR count). The van der Waals surface area contributed by atoms with Crippen LogP contribution < -0.4 is 5.32 Å². The molecule has 0 spiro atoms. The average Bonchev–Trinajstić information content (AvgIpc) is 3.02. The van der Waals surface area contributed by atoms with Gasteiger partial charge in [-0.25, -0.2) is 4.68 Å². The third kappa shape index (κ3) is 2.57. The molecule has 0 bridgehead atoms. The van der Waals surface area contributed by atoms with Crippen molar-refractivity contribution >= 4 is 11.6 Å². The van der Waals surface area contributed by atoms with Crippen molar-refractivity contribution in [3.8, 4) is 5.69 Å². The number of rotatable bonds is 3. The van der Waals surface area contributed by atoms with Crippen molar-refractivity contribution in [3.05, 3.63) is 47.2 Å². The Hall–Kier alpha value is -1.32. The normalized spacial score (nSPS) is 19.3. The summed E-state index contributed by atoms with van der Waals surface area (Å²) in [4.78, 5) is 0. The first-order chi connectivity index (χ1) is 8.81.